The van der Waals surface area contributed by atoms with Crippen molar-refractivity contribution in [1.29, 1.82) is 0 Å². The maximum absolute atomic E-state index is 11.9. The summed E-state index contributed by atoms with van der Waals surface area (Å²) >= 11 is 5.92. The monoisotopic (exact) mass is 334 g/mol. The highest BCUT2D eigenvalue weighted by atomic mass is 35.5. The van der Waals surface area contributed by atoms with Gasteiger partial charge in [0.2, 0.25) is 0 Å². The van der Waals surface area contributed by atoms with E-state index in [4.69, 9.17) is 21.1 Å². The average Bonchev–Trinajstić information content (AvgIpc) is 2.53. The van der Waals surface area contributed by atoms with Crippen LogP contribution in [-0.2, 0) is 0 Å². The number of nitrogens with one attached hydrogen (secondary N) is 2. The van der Waals surface area contributed by atoms with Crippen LogP contribution in [0.2, 0.25) is 5.02 Å². The summed E-state index contributed by atoms with van der Waals surface area (Å²) in [6, 6.07) is 12.4. The Bertz CT molecular complexity index is 677. The van der Waals surface area contributed by atoms with Crippen LogP contribution in [0.25, 0.3) is 0 Å². The Balaban J connectivity index is 1.80. The quantitative estimate of drug-likeness (QED) is 0.789. The summed E-state index contributed by atoms with van der Waals surface area (Å²) in [5, 5.41) is 5.93. The van der Waals surface area contributed by atoms with Crippen LogP contribution in [0.5, 0.6) is 11.5 Å². The summed E-state index contributed by atoms with van der Waals surface area (Å²) in [6.45, 7) is 2.73. The van der Waals surface area contributed by atoms with E-state index >= 15 is 0 Å². The number of benzene rings is 2. The summed E-state index contributed by atoms with van der Waals surface area (Å²) < 4.78 is 10.8. The van der Waals surface area contributed by atoms with Crippen molar-refractivity contribution in [1.82, 2.24) is 5.32 Å². The molecule has 0 saturated heterocycles. The van der Waals surface area contributed by atoms with Gasteiger partial charge < -0.3 is 20.1 Å². The molecule has 0 fully saturated rings. The fourth-order valence-corrected chi connectivity index (χ4v) is 2.16. The van der Waals surface area contributed by atoms with E-state index in [1.165, 1.54) is 7.11 Å². The summed E-state index contributed by atoms with van der Waals surface area (Å²) in [4.78, 5) is 11.9. The van der Waals surface area contributed by atoms with Gasteiger partial charge >= 0.3 is 6.03 Å². The fourth-order valence-electron chi connectivity index (χ4n) is 1.99. The molecule has 0 unspecified atom stereocenters. The Morgan fingerprint density at radius 2 is 1.96 bits per heavy atom. The van der Waals surface area contributed by atoms with Crippen LogP contribution in [0.4, 0.5) is 10.5 Å². The van der Waals surface area contributed by atoms with E-state index in [2.05, 4.69) is 10.6 Å². The predicted octanol–water partition coefficient (Wildman–Crippen LogP) is 3.86. The molecule has 2 N–H and O–H groups in total. The number of amides is 2. The molecule has 0 aromatic heterocycles. The normalized spacial score (nSPS) is 10.0. The van der Waals surface area contributed by atoms with Crippen molar-refractivity contribution in [3.8, 4) is 11.5 Å². The Morgan fingerprint density at radius 3 is 2.70 bits per heavy atom. The van der Waals surface area contributed by atoms with Crippen LogP contribution >= 0.6 is 11.6 Å². The Morgan fingerprint density at radius 1 is 1.17 bits per heavy atom. The first-order valence-electron chi connectivity index (χ1n) is 7.17. The molecule has 2 aromatic carbocycles. The number of carbonyl (C=O) groups is 1. The van der Waals surface area contributed by atoms with Gasteiger partial charge in [0.15, 0.2) is 0 Å². The van der Waals surface area contributed by atoms with Gasteiger partial charge in [0.1, 0.15) is 18.1 Å². The third kappa shape index (κ3) is 5.07. The van der Waals surface area contributed by atoms with Crippen LogP contribution in [0.3, 0.4) is 0 Å². The van der Waals surface area contributed by atoms with Crippen LogP contribution in [0.15, 0.2) is 42.5 Å². The highest BCUT2D eigenvalue weighted by Crippen LogP contribution is 2.27. The summed E-state index contributed by atoms with van der Waals surface area (Å²) in [5.74, 6) is 1.35. The lowest BCUT2D eigenvalue weighted by Crippen LogP contribution is -2.32. The van der Waals surface area contributed by atoms with Gasteiger partial charge in [-0.3, -0.25) is 0 Å². The average molecular weight is 335 g/mol. The molecule has 0 atom stereocenters. The van der Waals surface area contributed by atoms with Crippen molar-refractivity contribution in [2.45, 2.75) is 6.92 Å². The van der Waals surface area contributed by atoms with Crippen molar-refractivity contribution in [3.63, 3.8) is 0 Å². The van der Waals surface area contributed by atoms with Gasteiger partial charge in [0.25, 0.3) is 0 Å². The number of rotatable bonds is 6. The zero-order valence-electron chi connectivity index (χ0n) is 13.1. The predicted molar refractivity (Wildman–Crippen MR) is 91.7 cm³/mol. The second-order valence-electron chi connectivity index (χ2n) is 4.84. The van der Waals surface area contributed by atoms with Crippen molar-refractivity contribution in [3.05, 3.63) is 53.1 Å². The number of ether oxygens (including phenoxy) is 2. The van der Waals surface area contributed by atoms with E-state index in [-0.39, 0.29) is 6.03 Å². The van der Waals surface area contributed by atoms with Crippen molar-refractivity contribution < 1.29 is 14.3 Å². The largest absolute Gasteiger partial charge is 0.495 e. The van der Waals surface area contributed by atoms with Gasteiger partial charge in [-0.25, -0.2) is 4.79 Å². The number of anilines is 1. The highest BCUT2D eigenvalue weighted by Gasteiger charge is 2.08. The molecule has 0 aliphatic rings. The molecular formula is C17H19ClN2O3. The van der Waals surface area contributed by atoms with Gasteiger partial charge in [-0.1, -0.05) is 29.8 Å². The molecule has 0 aliphatic heterocycles. The molecule has 2 aromatic rings. The van der Waals surface area contributed by atoms with Crippen molar-refractivity contribution >= 4 is 23.3 Å². The molecule has 6 heteroatoms. The number of aryl methyl sites for hydroxylation is 1. The highest BCUT2D eigenvalue weighted by molar-refractivity contribution is 6.31. The lowest BCUT2D eigenvalue weighted by Gasteiger charge is -2.12. The number of methoxy groups -OCH3 is 1. The molecule has 0 spiro atoms. The minimum absolute atomic E-state index is 0.348. The molecule has 23 heavy (non-hydrogen) atoms. The third-order valence-electron chi connectivity index (χ3n) is 3.15. The molecular weight excluding hydrogens is 316 g/mol. The number of hydrogen-bond donors (Lipinski definition) is 2. The molecule has 0 aliphatic carbocycles. The molecule has 2 amide bonds. The lowest BCUT2D eigenvalue weighted by atomic mass is 10.2. The molecule has 0 heterocycles. The minimum Gasteiger partial charge on any atom is -0.495 e. The standard InChI is InChI=1S/C17H19ClN2O3/c1-12-5-3-4-6-15(12)23-10-9-19-17(21)20-14-11-13(18)7-8-16(14)22-2/h3-8,11H,9-10H2,1-2H3,(H2,19,20,21). The van der Waals surface area contributed by atoms with E-state index < -0.39 is 0 Å². The first-order chi connectivity index (χ1) is 11.1. The van der Waals surface area contributed by atoms with E-state index in [1.54, 1.807) is 18.2 Å². The van der Waals surface area contributed by atoms with Crippen LogP contribution in [0, 0.1) is 6.92 Å². The summed E-state index contributed by atoms with van der Waals surface area (Å²) in [6.07, 6.45) is 0. The number of carbonyl (C=O) groups excluding carboxylic acids is 1. The maximum atomic E-state index is 11.9. The molecule has 0 saturated carbocycles. The van der Waals surface area contributed by atoms with E-state index in [9.17, 15) is 4.79 Å². The second kappa shape index (κ2) is 8.29. The first-order valence-corrected chi connectivity index (χ1v) is 7.55. The maximum Gasteiger partial charge on any atom is 0.319 e. The summed E-state index contributed by atoms with van der Waals surface area (Å²) in [5.41, 5.74) is 1.57. The van der Waals surface area contributed by atoms with Gasteiger partial charge in [-0.15, -0.1) is 0 Å². The number of urea groups is 1. The number of hydrogen-bond acceptors (Lipinski definition) is 3. The van der Waals surface area contributed by atoms with Crippen molar-refractivity contribution in [2.24, 2.45) is 0 Å². The molecule has 5 nitrogen and oxygen atoms in total. The molecule has 122 valence electrons. The Hall–Kier alpha value is -2.40. The van der Waals surface area contributed by atoms with Gasteiger partial charge in [0.05, 0.1) is 19.3 Å². The zero-order chi connectivity index (χ0) is 16.7. The second-order valence-corrected chi connectivity index (χ2v) is 5.28. The zero-order valence-corrected chi connectivity index (χ0v) is 13.8. The van der Waals surface area contributed by atoms with Crippen LogP contribution < -0.4 is 20.1 Å². The molecule has 0 bridgehead atoms. The van der Waals surface area contributed by atoms with Crippen LogP contribution in [0.1, 0.15) is 5.56 Å². The minimum atomic E-state index is -0.348. The van der Waals surface area contributed by atoms with E-state index in [0.29, 0.717) is 29.6 Å². The van der Waals surface area contributed by atoms with Gasteiger partial charge in [-0.2, -0.15) is 0 Å². The van der Waals surface area contributed by atoms with Gasteiger partial charge in [0, 0.05) is 5.02 Å². The Kier molecular flexibility index (Phi) is 6.11. The first kappa shape index (κ1) is 17.0. The number of para-hydroxylation sites is 1. The smallest absolute Gasteiger partial charge is 0.319 e. The third-order valence-corrected chi connectivity index (χ3v) is 3.38. The topological polar surface area (TPSA) is 59.6 Å². The van der Waals surface area contributed by atoms with Crippen molar-refractivity contribution in [2.75, 3.05) is 25.6 Å². The van der Waals surface area contributed by atoms with Gasteiger partial charge in [-0.05, 0) is 36.8 Å². The Labute approximate surface area is 140 Å². The fraction of sp³-hybridized carbons (Fsp3) is 0.235. The number of halogens is 1. The summed E-state index contributed by atoms with van der Waals surface area (Å²) in [7, 11) is 1.53. The SMILES string of the molecule is COc1ccc(Cl)cc1NC(=O)NCCOc1ccccc1C. The van der Waals surface area contributed by atoms with E-state index in [1.807, 2.05) is 31.2 Å². The van der Waals surface area contributed by atoms with Crippen LogP contribution in [-0.4, -0.2) is 26.3 Å². The molecule has 0 radical (unpaired) electrons. The van der Waals surface area contributed by atoms with E-state index in [0.717, 1.165) is 11.3 Å². The lowest BCUT2D eigenvalue weighted by molar-refractivity contribution is 0.247. The molecule has 2 rings (SSSR count).